The summed E-state index contributed by atoms with van der Waals surface area (Å²) >= 11 is 0. The minimum absolute atomic E-state index is 0.313. The largest absolute Gasteiger partial charge is 0.480 e. The lowest BCUT2D eigenvalue weighted by Crippen LogP contribution is -2.21. The highest BCUT2D eigenvalue weighted by Gasteiger charge is 2.14. The van der Waals surface area contributed by atoms with Gasteiger partial charge in [0.05, 0.1) is 5.84 Å². The minimum Gasteiger partial charge on any atom is -0.480 e. The molecular formula is C9H16N2O2. The molecule has 74 valence electrons. The Morgan fingerprint density at radius 3 is 2.69 bits per heavy atom. The molecule has 3 N–H and O–H groups in total. The number of allylic oxidation sites excluding steroid dienone is 2. The van der Waals surface area contributed by atoms with Gasteiger partial charge < -0.3 is 10.8 Å². The van der Waals surface area contributed by atoms with Crippen LogP contribution in [0.1, 0.15) is 26.7 Å². The van der Waals surface area contributed by atoms with Crippen molar-refractivity contribution >= 4 is 11.8 Å². The second-order valence-corrected chi connectivity index (χ2v) is 2.77. The number of carboxylic acid groups (broad SMARTS) is 1. The zero-order valence-corrected chi connectivity index (χ0v) is 8.03. The van der Waals surface area contributed by atoms with Crippen molar-refractivity contribution in [3.05, 3.63) is 12.2 Å². The number of carbonyl (C=O) groups is 1. The Bertz CT molecular complexity index is 218. The van der Waals surface area contributed by atoms with Gasteiger partial charge in [-0.05, 0) is 26.7 Å². The van der Waals surface area contributed by atoms with E-state index in [-0.39, 0.29) is 0 Å². The summed E-state index contributed by atoms with van der Waals surface area (Å²) in [5, 5.41) is 8.73. The van der Waals surface area contributed by atoms with E-state index in [0.717, 1.165) is 0 Å². The Hall–Kier alpha value is -1.32. The number of rotatable bonds is 5. The van der Waals surface area contributed by atoms with Crippen LogP contribution in [-0.4, -0.2) is 23.0 Å². The number of aliphatic imine (C=N–C) groups is 1. The fraction of sp³-hybridized carbons (Fsp3) is 0.556. The third kappa shape index (κ3) is 5.90. The summed E-state index contributed by atoms with van der Waals surface area (Å²) in [6.45, 7) is 3.48. The normalized spacial score (nSPS) is 14.8. The first kappa shape index (κ1) is 11.7. The molecule has 0 spiro atoms. The van der Waals surface area contributed by atoms with Crippen LogP contribution in [0.15, 0.2) is 17.1 Å². The molecule has 0 aromatic carbocycles. The smallest absolute Gasteiger partial charge is 0.328 e. The molecule has 0 bridgehead atoms. The van der Waals surface area contributed by atoms with Crippen LogP contribution in [0.2, 0.25) is 0 Å². The van der Waals surface area contributed by atoms with Gasteiger partial charge in [0.25, 0.3) is 0 Å². The van der Waals surface area contributed by atoms with Gasteiger partial charge in [-0.1, -0.05) is 12.2 Å². The molecule has 0 heterocycles. The number of hydrogen-bond acceptors (Lipinski definition) is 2. The molecule has 0 aliphatic heterocycles. The molecule has 0 aliphatic carbocycles. The van der Waals surface area contributed by atoms with Crippen molar-refractivity contribution in [2.75, 3.05) is 0 Å². The van der Waals surface area contributed by atoms with Gasteiger partial charge in [0.15, 0.2) is 0 Å². The van der Waals surface area contributed by atoms with Crippen LogP contribution in [0.5, 0.6) is 0 Å². The molecule has 0 aromatic rings. The summed E-state index contributed by atoms with van der Waals surface area (Å²) in [6, 6.07) is -0.707. The highest BCUT2D eigenvalue weighted by molar-refractivity contribution is 5.82. The molecule has 0 saturated carbocycles. The molecule has 4 nitrogen and oxygen atoms in total. The second-order valence-electron chi connectivity index (χ2n) is 2.77. The van der Waals surface area contributed by atoms with E-state index in [4.69, 9.17) is 10.8 Å². The van der Waals surface area contributed by atoms with Gasteiger partial charge in [0, 0.05) is 0 Å². The van der Waals surface area contributed by atoms with E-state index in [2.05, 4.69) is 4.99 Å². The molecule has 4 heteroatoms. The molecule has 0 saturated heterocycles. The third-order valence-electron chi connectivity index (χ3n) is 1.49. The van der Waals surface area contributed by atoms with Crippen LogP contribution in [0, 0.1) is 0 Å². The standard InChI is InChI=1S/C9H16N2O2/c1-3-4-5-6-8(9(12)13)11-7(2)10/h3-4,8H,5-6H2,1-2H3,(H2,10,11)(H,12,13)/b4-3+. The van der Waals surface area contributed by atoms with E-state index in [9.17, 15) is 4.79 Å². The monoisotopic (exact) mass is 184 g/mol. The van der Waals surface area contributed by atoms with Crippen LogP contribution >= 0.6 is 0 Å². The fourth-order valence-electron chi connectivity index (χ4n) is 0.910. The zero-order chi connectivity index (χ0) is 10.3. The Labute approximate surface area is 78.2 Å². The molecule has 13 heavy (non-hydrogen) atoms. The van der Waals surface area contributed by atoms with Crippen molar-refractivity contribution in [3.63, 3.8) is 0 Å². The van der Waals surface area contributed by atoms with Gasteiger partial charge in [-0.2, -0.15) is 0 Å². The molecule has 0 aromatic heterocycles. The van der Waals surface area contributed by atoms with E-state index >= 15 is 0 Å². The molecule has 0 radical (unpaired) electrons. The van der Waals surface area contributed by atoms with Crippen LogP contribution in [-0.2, 0) is 4.79 Å². The third-order valence-corrected chi connectivity index (χ3v) is 1.49. The maximum absolute atomic E-state index is 10.6. The maximum Gasteiger partial charge on any atom is 0.328 e. The minimum atomic E-state index is -0.922. The number of amidine groups is 1. The van der Waals surface area contributed by atoms with Gasteiger partial charge in [-0.15, -0.1) is 0 Å². The lowest BCUT2D eigenvalue weighted by Gasteiger charge is -2.05. The number of carboxylic acids is 1. The van der Waals surface area contributed by atoms with Gasteiger partial charge in [0.2, 0.25) is 0 Å². The van der Waals surface area contributed by atoms with Gasteiger partial charge in [-0.25, -0.2) is 4.79 Å². The number of aliphatic carboxylic acids is 1. The van der Waals surface area contributed by atoms with E-state index in [1.165, 1.54) is 0 Å². The van der Waals surface area contributed by atoms with Crippen molar-refractivity contribution in [3.8, 4) is 0 Å². The van der Waals surface area contributed by atoms with Crippen LogP contribution in [0.25, 0.3) is 0 Å². The molecule has 0 amide bonds. The van der Waals surface area contributed by atoms with Crippen molar-refractivity contribution in [1.82, 2.24) is 0 Å². The van der Waals surface area contributed by atoms with Crippen LogP contribution in [0.4, 0.5) is 0 Å². The molecule has 0 aliphatic rings. The molecule has 0 fully saturated rings. The predicted octanol–water partition coefficient (Wildman–Crippen LogP) is 1.17. The second kappa shape index (κ2) is 6.22. The molecule has 1 atom stereocenters. The first-order valence-corrected chi connectivity index (χ1v) is 4.21. The molecular weight excluding hydrogens is 168 g/mol. The van der Waals surface area contributed by atoms with Crippen molar-refractivity contribution in [2.45, 2.75) is 32.7 Å². The summed E-state index contributed by atoms with van der Waals surface area (Å²) in [5.74, 6) is -0.609. The van der Waals surface area contributed by atoms with Crippen molar-refractivity contribution in [2.24, 2.45) is 10.7 Å². The van der Waals surface area contributed by atoms with Gasteiger partial charge in [-0.3, -0.25) is 4.99 Å². The summed E-state index contributed by atoms with van der Waals surface area (Å²) in [7, 11) is 0. The topological polar surface area (TPSA) is 75.7 Å². The Kier molecular flexibility index (Phi) is 5.59. The van der Waals surface area contributed by atoms with E-state index in [1.54, 1.807) is 6.92 Å². The molecule has 1 unspecified atom stereocenters. The van der Waals surface area contributed by atoms with Crippen molar-refractivity contribution < 1.29 is 9.90 Å². The van der Waals surface area contributed by atoms with Gasteiger partial charge >= 0.3 is 5.97 Å². The summed E-state index contributed by atoms with van der Waals surface area (Å²) in [6.07, 6.45) is 5.01. The lowest BCUT2D eigenvalue weighted by atomic mass is 10.1. The first-order valence-electron chi connectivity index (χ1n) is 4.21. The summed E-state index contributed by atoms with van der Waals surface area (Å²) in [4.78, 5) is 14.5. The fourth-order valence-corrected chi connectivity index (χ4v) is 0.910. The quantitative estimate of drug-likeness (QED) is 0.382. The van der Waals surface area contributed by atoms with Crippen LogP contribution < -0.4 is 5.73 Å². The SMILES string of the molecule is C/C=C/CCC(N=C(C)N)C(=O)O. The Morgan fingerprint density at radius 2 is 2.31 bits per heavy atom. The zero-order valence-electron chi connectivity index (χ0n) is 8.03. The van der Waals surface area contributed by atoms with Gasteiger partial charge in [0.1, 0.15) is 6.04 Å². The van der Waals surface area contributed by atoms with Crippen molar-refractivity contribution in [1.29, 1.82) is 0 Å². The average molecular weight is 184 g/mol. The Morgan fingerprint density at radius 1 is 1.69 bits per heavy atom. The van der Waals surface area contributed by atoms with E-state index < -0.39 is 12.0 Å². The Balaban J connectivity index is 4.11. The highest BCUT2D eigenvalue weighted by atomic mass is 16.4. The van der Waals surface area contributed by atoms with Crippen LogP contribution in [0.3, 0.4) is 0 Å². The maximum atomic E-state index is 10.6. The van der Waals surface area contributed by atoms with E-state index in [0.29, 0.717) is 18.7 Å². The lowest BCUT2D eigenvalue weighted by molar-refractivity contribution is -0.138. The number of nitrogens with zero attached hydrogens (tertiary/aromatic N) is 1. The van der Waals surface area contributed by atoms with E-state index in [1.807, 2.05) is 19.1 Å². The molecule has 0 rings (SSSR count). The number of hydrogen-bond donors (Lipinski definition) is 2. The highest BCUT2D eigenvalue weighted by Crippen LogP contribution is 2.03. The summed E-state index contributed by atoms with van der Waals surface area (Å²) in [5.41, 5.74) is 5.30. The summed E-state index contributed by atoms with van der Waals surface area (Å²) < 4.78 is 0. The first-order chi connectivity index (χ1) is 6.07. The predicted molar refractivity (Wildman–Crippen MR) is 52.8 cm³/mol. The average Bonchev–Trinajstić information content (AvgIpc) is 2.02. The number of nitrogens with two attached hydrogens (primary N) is 1.